The van der Waals surface area contributed by atoms with E-state index in [-0.39, 0.29) is 17.7 Å². The lowest BCUT2D eigenvalue weighted by molar-refractivity contribution is -0.117. The fourth-order valence-electron chi connectivity index (χ4n) is 7.36. The number of unbranched alkanes of at least 4 members (excludes halogenated alkanes) is 30. The van der Waals surface area contributed by atoms with Gasteiger partial charge in [0.25, 0.3) is 0 Å². The molecule has 0 radical (unpaired) electrons. The predicted octanol–water partition coefficient (Wildman–Crippen LogP) is 15.6. The molecule has 0 aliphatic rings. The van der Waals surface area contributed by atoms with Crippen LogP contribution in [0.3, 0.4) is 0 Å². The topological polar surface area (TPSA) is 87.3 Å². The molecule has 0 heterocycles. The summed E-state index contributed by atoms with van der Waals surface area (Å²) in [7, 11) is 0. The largest absolute Gasteiger partial charge is 0.326 e. The molecule has 54 heavy (non-hydrogen) atoms. The molecule has 1 rings (SSSR count). The van der Waals surface area contributed by atoms with E-state index in [9.17, 15) is 14.4 Å². The van der Waals surface area contributed by atoms with Gasteiger partial charge >= 0.3 is 0 Å². The molecule has 0 spiro atoms. The maximum Gasteiger partial charge on any atom is 0.224 e. The molecule has 0 aliphatic carbocycles. The van der Waals surface area contributed by atoms with E-state index >= 15 is 0 Å². The van der Waals surface area contributed by atoms with Gasteiger partial charge in [-0.25, -0.2) is 0 Å². The van der Waals surface area contributed by atoms with Crippen LogP contribution in [-0.2, 0) is 14.4 Å². The van der Waals surface area contributed by atoms with Gasteiger partial charge in [-0.05, 0) is 37.5 Å². The Hall–Kier alpha value is -2.37. The zero-order valence-corrected chi connectivity index (χ0v) is 35.9. The lowest BCUT2D eigenvalue weighted by Gasteiger charge is -2.13. The van der Waals surface area contributed by atoms with Crippen molar-refractivity contribution in [3.63, 3.8) is 0 Å². The number of amides is 3. The second-order valence-electron chi connectivity index (χ2n) is 16.3. The Morgan fingerprint density at radius 2 is 0.463 bits per heavy atom. The third-order valence-corrected chi connectivity index (χ3v) is 10.8. The molecule has 3 amide bonds. The number of carbonyl (C=O) groups is 3. The number of anilines is 3. The van der Waals surface area contributed by atoms with Gasteiger partial charge in [0.05, 0.1) is 0 Å². The first-order valence-corrected chi connectivity index (χ1v) is 23.5. The van der Waals surface area contributed by atoms with Crippen molar-refractivity contribution in [2.75, 3.05) is 16.0 Å². The van der Waals surface area contributed by atoms with Gasteiger partial charge < -0.3 is 16.0 Å². The number of benzene rings is 1. The fraction of sp³-hybridized carbons (Fsp3) is 0.812. The van der Waals surface area contributed by atoms with Gasteiger partial charge in [-0.1, -0.05) is 213 Å². The summed E-state index contributed by atoms with van der Waals surface area (Å²) in [6.45, 7) is 6.78. The summed E-state index contributed by atoms with van der Waals surface area (Å²) >= 11 is 0. The third kappa shape index (κ3) is 31.9. The lowest BCUT2D eigenvalue weighted by Crippen LogP contribution is -2.15. The summed E-state index contributed by atoms with van der Waals surface area (Å²) in [5.41, 5.74) is 1.83. The van der Waals surface area contributed by atoms with Crippen molar-refractivity contribution in [2.24, 2.45) is 0 Å². The van der Waals surface area contributed by atoms with E-state index in [1.165, 1.54) is 173 Å². The van der Waals surface area contributed by atoms with E-state index in [1.54, 1.807) is 0 Å². The van der Waals surface area contributed by atoms with Crippen LogP contribution in [0.15, 0.2) is 18.2 Å². The quantitative estimate of drug-likeness (QED) is 0.0585. The molecule has 6 nitrogen and oxygen atoms in total. The Morgan fingerprint density at radius 3 is 0.648 bits per heavy atom. The lowest BCUT2D eigenvalue weighted by atomic mass is 10.1. The highest BCUT2D eigenvalue weighted by molar-refractivity contribution is 5.97. The molecule has 0 saturated carbocycles. The van der Waals surface area contributed by atoms with Crippen LogP contribution in [0.5, 0.6) is 0 Å². The summed E-state index contributed by atoms with van der Waals surface area (Å²) in [5, 5.41) is 9.13. The number of nitrogens with one attached hydrogen (secondary N) is 3. The van der Waals surface area contributed by atoms with Gasteiger partial charge in [0.2, 0.25) is 17.7 Å². The first kappa shape index (κ1) is 49.6. The third-order valence-electron chi connectivity index (χ3n) is 10.8. The van der Waals surface area contributed by atoms with Crippen molar-refractivity contribution >= 4 is 34.8 Å². The summed E-state index contributed by atoms with van der Waals surface area (Å²) < 4.78 is 0. The minimum absolute atomic E-state index is 0.0198. The first-order valence-electron chi connectivity index (χ1n) is 23.5. The molecular weight excluding hydrogens is 667 g/mol. The molecule has 1 aromatic rings. The molecule has 6 heteroatoms. The second-order valence-corrected chi connectivity index (χ2v) is 16.3. The van der Waals surface area contributed by atoms with Crippen molar-refractivity contribution < 1.29 is 14.4 Å². The minimum Gasteiger partial charge on any atom is -0.326 e. The van der Waals surface area contributed by atoms with Crippen LogP contribution in [0.2, 0.25) is 0 Å². The highest BCUT2D eigenvalue weighted by atomic mass is 16.2. The fourth-order valence-corrected chi connectivity index (χ4v) is 7.36. The van der Waals surface area contributed by atoms with Crippen LogP contribution in [0.1, 0.15) is 252 Å². The maximum atomic E-state index is 12.9. The average Bonchev–Trinajstić information content (AvgIpc) is 3.15. The molecule has 0 unspecified atom stereocenters. The summed E-state index contributed by atoms with van der Waals surface area (Å²) in [5.74, 6) is -0.0595. The minimum atomic E-state index is -0.0198. The van der Waals surface area contributed by atoms with Crippen molar-refractivity contribution in [3.05, 3.63) is 18.2 Å². The predicted molar refractivity (Wildman–Crippen MR) is 236 cm³/mol. The van der Waals surface area contributed by atoms with E-state index < -0.39 is 0 Å². The second kappa shape index (κ2) is 37.5. The Bertz CT molecular complexity index is 901. The number of carbonyl (C=O) groups excluding carboxylic acids is 3. The first-order chi connectivity index (χ1) is 26.5. The van der Waals surface area contributed by atoms with Gasteiger partial charge in [-0.3, -0.25) is 14.4 Å². The summed E-state index contributed by atoms with van der Waals surface area (Å²) in [6.07, 6.45) is 42.6. The zero-order valence-electron chi connectivity index (χ0n) is 35.9. The molecule has 312 valence electrons. The van der Waals surface area contributed by atoms with Crippen LogP contribution in [0.25, 0.3) is 0 Å². The van der Waals surface area contributed by atoms with Gasteiger partial charge in [-0.15, -0.1) is 0 Å². The normalized spacial score (nSPS) is 11.2. The Kier molecular flexibility index (Phi) is 34.5. The molecule has 0 saturated heterocycles. The Labute approximate surface area is 334 Å². The molecule has 0 atom stereocenters. The smallest absolute Gasteiger partial charge is 0.224 e. The number of hydrogen-bond donors (Lipinski definition) is 3. The number of hydrogen-bond acceptors (Lipinski definition) is 3. The molecule has 0 fully saturated rings. The van der Waals surface area contributed by atoms with E-state index in [4.69, 9.17) is 0 Å². The van der Waals surface area contributed by atoms with Gasteiger partial charge in [0.15, 0.2) is 0 Å². The maximum absolute atomic E-state index is 12.9. The molecule has 0 aliphatic heterocycles. The van der Waals surface area contributed by atoms with Gasteiger partial charge in [0.1, 0.15) is 0 Å². The van der Waals surface area contributed by atoms with E-state index in [1.807, 2.05) is 18.2 Å². The monoisotopic (exact) mass is 754 g/mol. The summed E-state index contributed by atoms with van der Waals surface area (Å²) in [6, 6.07) is 5.45. The molecule has 1 aromatic carbocycles. The van der Waals surface area contributed by atoms with Gasteiger partial charge in [-0.2, -0.15) is 0 Å². The Morgan fingerprint density at radius 1 is 0.296 bits per heavy atom. The molecule has 3 N–H and O–H groups in total. The van der Waals surface area contributed by atoms with Crippen LogP contribution in [0.4, 0.5) is 17.1 Å². The van der Waals surface area contributed by atoms with Crippen LogP contribution < -0.4 is 16.0 Å². The van der Waals surface area contributed by atoms with E-state index in [2.05, 4.69) is 36.7 Å². The van der Waals surface area contributed by atoms with Crippen molar-refractivity contribution in [2.45, 2.75) is 252 Å². The van der Waals surface area contributed by atoms with E-state index in [0.29, 0.717) is 36.3 Å². The van der Waals surface area contributed by atoms with Crippen LogP contribution >= 0.6 is 0 Å². The molecular formula is C48H87N3O3. The molecule has 0 aromatic heterocycles. The summed E-state index contributed by atoms with van der Waals surface area (Å²) in [4.78, 5) is 38.7. The average molecular weight is 754 g/mol. The number of rotatable bonds is 39. The highest BCUT2D eigenvalue weighted by Crippen LogP contribution is 2.25. The van der Waals surface area contributed by atoms with Crippen molar-refractivity contribution in [3.8, 4) is 0 Å². The van der Waals surface area contributed by atoms with Crippen LogP contribution in [-0.4, -0.2) is 17.7 Å². The van der Waals surface area contributed by atoms with Crippen molar-refractivity contribution in [1.29, 1.82) is 0 Å². The van der Waals surface area contributed by atoms with Gasteiger partial charge in [0, 0.05) is 36.3 Å². The van der Waals surface area contributed by atoms with Crippen molar-refractivity contribution in [1.82, 2.24) is 0 Å². The standard InChI is InChI=1S/C48H87N3O3/c1-4-7-10-13-16-19-22-25-28-31-34-37-46(52)49-43-40-44(50-47(53)38-35-32-29-26-23-20-17-14-11-8-5-2)42-45(41-43)51-48(54)39-36-33-30-27-24-21-18-15-12-9-6-3/h40-42H,4-39H2,1-3H3,(H,49,52)(H,50,53)(H,51,54). The van der Waals surface area contributed by atoms with Crippen LogP contribution in [0, 0.1) is 0 Å². The van der Waals surface area contributed by atoms with E-state index in [0.717, 1.165) is 38.5 Å². The Balaban J connectivity index is 2.52. The molecule has 0 bridgehead atoms. The highest BCUT2D eigenvalue weighted by Gasteiger charge is 2.11. The zero-order chi connectivity index (χ0) is 39.2. The SMILES string of the molecule is CCCCCCCCCCCCCC(=O)Nc1cc(NC(=O)CCCCCCCCCCCCC)cc(NC(=O)CCCCCCCCCCCCC)c1.